The Morgan fingerprint density at radius 1 is 1.07 bits per heavy atom. The Hall–Kier alpha value is -3.21. The molecule has 4 N–H and O–H groups in total. The Bertz CT molecular complexity index is 1070. The first-order chi connectivity index (χ1) is 18.6. The number of nitrogens with one attached hydrogen (secondary N) is 2. The number of rotatable bonds is 17. The first-order valence-corrected chi connectivity index (χ1v) is 14.2. The molecule has 0 fully saturated rings. The summed E-state index contributed by atoms with van der Waals surface area (Å²) in [7, 11) is -4.14. The fraction of sp³-hybridized carbons (Fsp3) is 0.519. The van der Waals surface area contributed by atoms with E-state index in [1.807, 2.05) is 13.8 Å². The van der Waals surface area contributed by atoms with E-state index in [-0.39, 0.29) is 36.9 Å². The number of nitrogens with two attached hydrogens (primary N) is 1. The lowest BCUT2D eigenvalue weighted by atomic mass is 10.0. The second-order valence-electron chi connectivity index (χ2n) is 10.3. The van der Waals surface area contributed by atoms with E-state index in [9.17, 15) is 23.3 Å². The number of ether oxygens (including phenoxy) is 1. The summed E-state index contributed by atoms with van der Waals surface area (Å²) in [6.45, 7) is 14.4. The van der Waals surface area contributed by atoms with Gasteiger partial charge in [0.15, 0.2) is 0 Å². The summed E-state index contributed by atoms with van der Waals surface area (Å²) in [4.78, 5) is 37.6. The van der Waals surface area contributed by atoms with Crippen LogP contribution < -0.4 is 20.9 Å². The average Bonchev–Trinajstić information content (AvgIpc) is 2.84. The third-order valence-corrected chi connectivity index (χ3v) is 6.35. The zero-order valence-corrected chi connectivity index (χ0v) is 24.6. The summed E-state index contributed by atoms with van der Waals surface area (Å²) in [6.07, 6.45) is 2.01. The van der Waals surface area contributed by atoms with Gasteiger partial charge in [0.1, 0.15) is 30.1 Å². The molecule has 11 nitrogen and oxygen atoms in total. The molecule has 0 saturated heterocycles. The molecule has 0 saturated carbocycles. The Balaban J connectivity index is 3.28. The molecular formula is C27H41FN3O8P. The minimum absolute atomic E-state index is 0.00613. The number of carbonyl (C=O) groups is 3. The van der Waals surface area contributed by atoms with Crippen LogP contribution in [-0.2, 0) is 41.0 Å². The Morgan fingerprint density at radius 2 is 1.68 bits per heavy atom. The Kier molecular flexibility index (Phi) is 14.1. The summed E-state index contributed by atoms with van der Waals surface area (Å²) in [6, 6.07) is 2.06. The second kappa shape index (κ2) is 16.2. The van der Waals surface area contributed by atoms with Crippen molar-refractivity contribution in [3.63, 3.8) is 0 Å². The molecule has 0 aromatic heterocycles. The van der Waals surface area contributed by atoms with E-state index in [1.54, 1.807) is 20.8 Å². The summed E-state index contributed by atoms with van der Waals surface area (Å²) in [5.74, 6) is -1.45. The van der Waals surface area contributed by atoms with Gasteiger partial charge in [-0.2, -0.15) is 0 Å². The number of amides is 3. The van der Waals surface area contributed by atoms with Crippen molar-refractivity contribution < 1.29 is 41.6 Å². The van der Waals surface area contributed by atoms with E-state index < -0.39 is 50.1 Å². The highest BCUT2D eigenvalue weighted by Crippen LogP contribution is 2.50. The molecule has 2 atom stereocenters. The van der Waals surface area contributed by atoms with E-state index in [1.165, 1.54) is 30.4 Å². The van der Waals surface area contributed by atoms with Gasteiger partial charge in [-0.05, 0) is 50.8 Å². The zero-order valence-electron chi connectivity index (χ0n) is 23.7. The predicted molar refractivity (Wildman–Crippen MR) is 149 cm³/mol. The standard InChI is InChI=1S/C27H41FN3O8P/c1-8-12-36-40(35,37-13-9-2)39-23-11-10-19(15-20(23)17-28)16-22(31-26(34)38-27(5,6)7)25(33)30-21(24(29)32)14-18(3)4/h8-11,15,18,21-22H,1-2,12-14,16-17H2,3-7H3,(H2,29,32)(H,30,33)(H,31,34)/t21-,22-/m0/s1. The van der Waals surface area contributed by atoms with E-state index in [0.717, 1.165) is 0 Å². The van der Waals surface area contributed by atoms with Gasteiger partial charge in [0, 0.05) is 12.0 Å². The van der Waals surface area contributed by atoms with Crippen LogP contribution >= 0.6 is 7.82 Å². The third-order valence-electron chi connectivity index (χ3n) is 4.99. The molecule has 3 amide bonds. The second-order valence-corrected chi connectivity index (χ2v) is 11.9. The Labute approximate surface area is 235 Å². The van der Waals surface area contributed by atoms with Gasteiger partial charge in [-0.25, -0.2) is 13.8 Å². The molecule has 0 heterocycles. The number of phosphoric acid groups is 1. The highest BCUT2D eigenvalue weighted by atomic mass is 31.2. The van der Waals surface area contributed by atoms with Gasteiger partial charge in [0.2, 0.25) is 11.8 Å². The highest BCUT2D eigenvalue weighted by Gasteiger charge is 2.31. The highest BCUT2D eigenvalue weighted by molar-refractivity contribution is 7.48. The topological polar surface area (TPSA) is 155 Å². The molecule has 0 spiro atoms. The van der Waals surface area contributed by atoms with Gasteiger partial charge in [0.25, 0.3) is 0 Å². The van der Waals surface area contributed by atoms with Crippen molar-refractivity contribution in [2.24, 2.45) is 11.7 Å². The molecule has 40 heavy (non-hydrogen) atoms. The molecule has 13 heteroatoms. The minimum atomic E-state index is -4.14. The molecule has 0 aliphatic carbocycles. The normalized spacial score (nSPS) is 13.2. The summed E-state index contributed by atoms with van der Waals surface area (Å²) in [5, 5.41) is 5.08. The van der Waals surface area contributed by atoms with Crippen molar-refractivity contribution in [2.75, 3.05) is 13.2 Å². The fourth-order valence-electron chi connectivity index (χ4n) is 3.34. The maximum Gasteiger partial charge on any atom is 0.530 e. The quantitative estimate of drug-likeness (QED) is 0.178. The Morgan fingerprint density at radius 3 is 2.15 bits per heavy atom. The summed E-state index contributed by atoms with van der Waals surface area (Å²) < 4.78 is 48.0. The van der Waals surface area contributed by atoms with Gasteiger partial charge >= 0.3 is 13.9 Å². The minimum Gasteiger partial charge on any atom is -0.444 e. The lowest BCUT2D eigenvalue weighted by Gasteiger charge is -2.25. The monoisotopic (exact) mass is 585 g/mol. The largest absolute Gasteiger partial charge is 0.530 e. The van der Waals surface area contributed by atoms with Crippen LogP contribution in [0.4, 0.5) is 9.18 Å². The van der Waals surface area contributed by atoms with Crippen LogP contribution in [0.15, 0.2) is 43.5 Å². The molecule has 0 bridgehead atoms. The summed E-state index contributed by atoms with van der Waals surface area (Å²) >= 11 is 0. The van der Waals surface area contributed by atoms with Gasteiger partial charge in [-0.3, -0.25) is 18.6 Å². The van der Waals surface area contributed by atoms with Crippen molar-refractivity contribution in [3.05, 3.63) is 54.6 Å². The SMILES string of the molecule is C=CCOP(=O)(OCC=C)Oc1ccc(C[C@H](NC(=O)OC(C)(C)C)C(=O)N[C@@H](CC(C)C)C(N)=O)cc1CF. The van der Waals surface area contributed by atoms with Crippen molar-refractivity contribution in [3.8, 4) is 5.75 Å². The van der Waals surface area contributed by atoms with Gasteiger partial charge < -0.3 is 25.6 Å². The van der Waals surface area contributed by atoms with E-state index in [4.69, 9.17) is 24.0 Å². The van der Waals surface area contributed by atoms with Crippen LogP contribution in [0.25, 0.3) is 0 Å². The third kappa shape index (κ3) is 12.8. The van der Waals surface area contributed by atoms with Crippen molar-refractivity contribution in [1.29, 1.82) is 0 Å². The number of phosphoric ester groups is 1. The number of hydrogen-bond donors (Lipinski definition) is 3. The van der Waals surface area contributed by atoms with E-state index in [2.05, 4.69) is 23.8 Å². The first-order valence-electron chi connectivity index (χ1n) is 12.7. The van der Waals surface area contributed by atoms with E-state index in [0.29, 0.717) is 12.0 Å². The zero-order chi connectivity index (χ0) is 30.5. The van der Waals surface area contributed by atoms with Crippen LogP contribution in [0.5, 0.6) is 5.75 Å². The van der Waals surface area contributed by atoms with Crippen LogP contribution in [-0.4, -0.2) is 48.8 Å². The molecular weight excluding hydrogens is 544 g/mol. The molecule has 224 valence electrons. The number of halogens is 1. The molecule has 0 aliphatic rings. The maximum atomic E-state index is 14.0. The van der Waals surface area contributed by atoms with Crippen molar-refractivity contribution in [2.45, 2.75) is 71.8 Å². The number of primary amides is 1. The van der Waals surface area contributed by atoms with Crippen molar-refractivity contribution in [1.82, 2.24) is 10.6 Å². The number of carbonyl (C=O) groups excluding carboxylic acids is 3. The number of hydrogen-bond acceptors (Lipinski definition) is 8. The number of benzene rings is 1. The van der Waals surface area contributed by atoms with E-state index >= 15 is 0 Å². The molecule has 0 unspecified atom stereocenters. The molecule has 0 radical (unpaired) electrons. The maximum absolute atomic E-state index is 14.0. The molecule has 1 aromatic carbocycles. The van der Waals surface area contributed by atoms with Crippen molar-refractivity contribution >= 4 is 25.7 Å². The van der Waals surface area contributed by atoms with Gasteiger partial charge in [-0.1, -0.05) is 32.1 Å². The van der Waals surface area contributed by atoms with Gasteiger partial charge in [0.05, 0.1) is 13.2 Å². The summed E-state index contributed by atoms with van der Waals surface area (Å²) in [5.41, 5.74) is 5.04. The lowest BCUT2D eigenvalue weighted by molar-refractivity contribution is -0.128. The molecule has 0 aliphatic heterocycles. The smallest absolute Gasteiger partial charge is 0.444 e. The average molecular weight is 586 g/mol. The fourth-order valence-corrected chi connectivity index (χ4v) is 4.51. The molecule has 1 aromatic rings. The predicted octanol–water partition coefficient (Wildman–Crippen LogP) is 4.50. The lowest BCUT2D eigenvalue weighted by Crippen LogP contribution is -2.54. The van der Waals surface area contributed by atoms with Crippen LogP contribution in [0.3, 0.4) is 0 Å². The van der Waals surface area contributed by atoms with Crippen LogP contribution in [0, 0.1) is 5.92 Å². The van der Waals surface area contributed by atoms with Gasteiger partial charge in [-0.15, -0.1) is 13.2 Å². The first kappa shape index (κ1) is 34.8. The number of alkyl carbamates (subject to hydrolysis) is 1. The number of alkyl halides is 1. The molecule has 1 rings (SSSR count). The van der Waals surface area contributed by atoms with Crippen LogP contribution in [0.1, 0.15) is 52.2 Å². The van der Waals surface area contributed by atoms with Crippen LogP contribution in [0.2, 0.25) is 0 Å².